The van der Waals surface area contributed by atoms with Crippen molar-refractivity contribution in [3.05, 3.63) is 18.0 Å². The summed E-state index contributed by atoms with van der Waals surface area (Å²) in [6, 6.07) is 0.118. The van der Waals surface area contributed by atoms with E-state index in [-0.39, 0.29) is 36.0 Å². The molecule has 0 radical (unpaired) electrons. The fourth-order valence-electron chi connectivity index (χ4n) is 3.12. The number of rotatable bonds is 7. The lowest BCUT2D eigenvalue weighted by Crippen LogP contribution is -2.46. The van der Waals surface area contributed by atoms with Crippen LogP contribution in [0.1, 0.15) is 24.8 Å². The van der Waals surface area contributed by atoms with Crippen LogP contribution in [0, 0.1) is 6.92 Å². The van der Waals surface area contributed by atoms with Crippen molar-refractivity contribution in [3.8, 4) is 0 Å². The fraction of sp³-hybridized carbons (Fsp3) is 0.733. The van der Waals surface area contributed by atoms with Crippen LogP contribution < -0.4 is 5.32 Å². The molecule has 1 amide bonds. The number of carbonyl (C=O) groups is 1. The van der Waals surface area contributed by atoms with Gasteiger partial charge in [-0.3, -0.25) is 9.48 Å². The lowest BCUT2D eigenvalue weighted by molar-refractivity contribution is -0.132. The van der Waals surface area contributed by atoms with E-state index in [1.807, 2.05) is 22.7 Å². The summed E-state index contributed by atoms with van der Waals surface area (Å²) in [6.45, 7) is 3.62. The van der Waals surface area contributed by atoms with E-state index < -0.39 is 9.84 Å². The summed E-state index contributed by atoms with van der Waals surface area (Å²) in [5.41, 5.74) is 1.11. The van der Waals surface area contributed by atoms with Gasteiger partial charge in [0.2, 0.25) is 5.91 Å². The molecule has 1 aliphatic heterocycles. The molecular formula is C15H24N4O3S. The highest BCUT2D eigenvalue weighted by Gasteiger charge is 2.41. The average molecular weight is 340 g/mol. The van der Waals surface area contributed by atoms with Crippen molar-refractivity contribution in [1.82, 2.24) is 20.0 Å². The Hall–Kier alpha value is -1.41. The fourth-order valence-corrected chi connectivity index (χ4v) is 4.83. The van der Waals surface area contributed by atoms with E-state index in [4.69, 9.17) is 0 Å². The molecule has 0 unspecified atom stereocenters. The zero-order chi connectivity index (χ0) is 16.4. The van der Waals surface area contributed by atoms with Gasteiger partial charge >= 0.3 is 0 Å². The van der Waals surface area contributed by atoms with E-state index in [0.29, 0.717) is 19.5 Å². The van der Waals surface area contributed by atoms with Crippen LogP contribution in [0.15, 0.2) is 12.4 Å². The van der Waals surface area contributed by atoms with Crippen LogP contribution in [-0.4, -0.2) is 65.7 Å². The molecule has 23 heavy (non-hydrogen) atoms. The van der Waals surface area contributed by atoms with E-state index in [9.17, 15) is 13.2 Å². The standard InChI is InChI=1S/C15H24N4O3S/c1-12-8-17-18(10-12)6-5-16-9-15(20)19(13-2-3-13)14-4-7-23(21,22)11-14/h8,10,13-14,16H,2-7,9,11H2,1H3/t14-/m1/s1. The zero-order valence-electron chi connectivity index (χ0n) is 13.4. The Balaban J connectivity index is 1.47. The maximum atomic E-state index is 12.5. The van der Waals surface area contributed by atoms with Crippen LogP contribution in [0.3, 0.4) is 0 Å². The molecule has 7 nitrogen and oxygen atoms in total. The van der Waals surface area contributed by atoms with E-state index >= 15 is 0 Å². The Morgan fingerprint density at radius 2 is 2.17 bits per heavy atom. The van der Waals surface area contributed by atoms with Crippen LogP contribution >= 0.6 is 0 Å². The number of aryl methyl sites for hydroxylation is 1. The summed E-state index contributed by atoms with van der Waals surface area (Å²) in [7, 11) is -2.96. The smallest absolute Gasteiger partial charge is 0.237 e. The van der Waals surface area contributed by atoms with Crippen molar-refractivity contribution >= 4 is 15.7 Å². The summed E-state index contributed by atoms with van der Waals surface area (Å²) >= 11 is 0. The van der Waals surface area contributed by atoms with Gasteiger partial charge in [-0.25, -0.2) is 8.42 Å². The van der Waals surface area contributed by atoms with Gasteiger partial charge in [-0.1, -0.05) is 0 Å². The molecule has 1 aromatic heterocycles. The summed E-state index contributed by atoms with van der Waals surface area (Å²) in [5.74, 6) is 0.355. The predicted molar refractivity (Wildman–Crippen MR) is 86.8 cm³/mol. The van der Waals surface area contributed by atoms with Crippen molar-refractivity contribution in [3.63, 3.8) is 0 Å². The van der Waals surface area contributed by atoms with E-state index in [1.54, 1.807) is 6.20 Å². The lowest BCUT2D eigenvalue weighted by Gasteiger charge is -2.28. The molecule has 2 fully saturated rings. The molecule has 1 atom stereocenters. The highest BCUT2D eigenvalue weighted by molar-refractivity contribution is 7.91. The second kappa shape index (κ2) is 6.60. The van der Waals surface area contributed by atoms with Crippen molar-refractivity contribution in [2.45, 2.75) is 44.8 Å². The third kappa shape index (κ3) is 4.32. The van der Waals surface area contributed by atoms with Crippen LogP contribution in [-0.2, 0) is 21.2 Å². The zero-order valence-corrected chi connectivity index (χ0v) is 14.3. The van der Waals surface area contributed by atoms with Crippen molar-refractivity contribution in [2.75, 3.05) is 24.6 Å². The van der Waals surface area contributed by atoms with Gasteiger partial charge in [0.15, 0.2) is 9.84 Å². The largest absolute Gasteiger partial charge is 0.335 e. The van der Waals surface area contributed by atoms with Crippen LogP contribution in [0.4, 0.5) is 0 Å². The predicted octanol–water partition coefficient (Wildman–Crippen LogP) is -0.0408. The Bertz CT molecular complexity index is 666. The van der Waals surface area contributed by atoms with E-state index in [1.165, 1.54) is 0 Å². The molecule has 1 aliphatic carbocycles. The summed E-state index contributed by atoms with van der Waals surface area (Å²) < 4.78 is 25.2. The number of hydrogen-bond acceptors (Lipinski definition) is 5. The second-order valence-corrected chi connectivity index (χ2v) is 8.78. The molecule has 1 aromatic rings. The second-order valence-electron chi connectivity index (χ2n) is 6.55. The van der Waals surface area contributed by atoms with Gasteiger partial charge in [0.1, 0.15) is 0 Å². The first-order valence-corrected chi connectivity index (χ1v) is 9.98. The van der Waals surface area contributed by atoms with E-state index in [2.05, 4.69) is 10.4 Å². The monoisotopic (exact) mass is 340 g/mol. The number of sulfone groups is 1. The number of hydrogen-bond donors (Lipinski definition) is 1. The maximum Gasteiger partial charge on any atom is 0.237 e. The number of amides is 1. The number of nitrogens with zero attached hydrogens (tertiary/aromatic N) is 3. The highest BCUT2D eigenvalue weighted by Crippen LogP contribution is 2.32. The van der Waals surface area contributed by atoms with Crippen LogP contribution in [0.25, 0.3) is 0 Å². The SMILES string of the molecule is Cc1cnn(CCNCC(=O)N(C2CC2)[C@@H]2CCS(=O)(=O)C2)c1. The molecule has 3 rings (SSSR count). The molecule has 0 spiro atoms. The minimum Gasteiger partial charge on any atom is -0.335 e. The molecule has 2 aliphatic rings. The molecule has 1 N–H and O–H groups in total. The molecule has 0 aromatic carbocycles. The van der Waals surface area contributed by atoms with Gasteiger partial charge in [-0.05, 0) is 31.7 Å². The molecule has 1 saturated heterocycles. The minimum atomic E-state index is -2.96. The molecule has 2 heterocycles. The van der Waals surface area contributed by atoms with Crippen LogP contribution in [0.5, 0.6) is 0 Å². The van der Waals surface area contributed by atoms with Gasteiger partial charge in [0.25, 0.3) is 0 Å². The van der Waals surface area contributed by atoms with Gasteiger partial charge in [-0.15, -0.1) is 0 Å². The summed E-state index contributed by atoms with van der Waals surface area (Å²) in [5, 5.41) is 7.35. The minimum absolute atomic E-state index is 0.0197. The maximum absolute atomic E-state index is 12.5. The van der Waals surface area contributed by atoms with Crippen molar-refractivity contribution in [2.24, 2.45) is 0 Å². The molecule has 8 heteroatoms. The van der Waals surface area contributed by atoms with Gasteiger partial charge in [0, 0.05) is 24.8 Å². The quantitative estimate of drug-likeness (QED) is 0.704. The number of carbonyl (C=O) groups excluding carboxylic acids is 1. The van der Waals surface area contributed by atoms with Gasteiger partial charge in [0.05, 0.1) is 30.8 Å². The van der Waals surface area contributed by atoms with Gasteiger partial charge in [-0.2, -0.15) is 5.10 Å². The Morgan fingerprint density at radius 3 is 2.74 bits per heavy atom. The van der Waals surface area contributed by atoms with Crippen molar-refractivity contribution < 1.29 is 13.2 Å². The Labute approximate surface area is 137 Å². The normalized spacial score (nSPS) is 23.1. The van der Waals surface area contributed by atoms with Gasteiger partial charge < -0.3 is 10.2 Å². The molecule has 0 bridgehead atoms. The third-order valence-corrected chi connectivity index (χ3v) is 6.14. The number of aromatic nitrogens is 2. The topological polar surface area (TPSA) is 84.3 Å². The Morgan fingerprint density at radius 1 is 1.39 bits per heavy atom. The lowest BCUT2D eigenvalue weighted by atomic mass is 10.2. The average Bonchev–Trinajstić information content (AvgIpc) is 3.12. The third-order valence-electron chi connectivity index (χ3n) is 4.39. The molecule has 1 saturated carbocycles. The first-order valence-electron chi connectivity index (χ1n) is 8.16. The number of nitrogens with one attached hydrogen (secondary N) is 1. The van der Waals surface area contributed by atoms with Crippen LogP contribution in [0.2, 0.25) is 0 Å². The first-order chi connectivity index (χ1) is 10.9. The highest BCUT2D eigenvalue weighted by atomic mass is 32.2. The first kappa shape index (κ1) is 16.4. The Kier molecular flexibility index (Phi) is 4.72. The molecular weight excluding hydrogens is 316 g/mol. The van der Waals surface area contributed by atoms with Crippen molar-refractivity contribution in [1.29, 1.82) is 0 Å². The summed E-state index contributed by atoms with van der Waals surface area (Å²) in [6.07, 6.45) is 6.34. The molecule has 128 valence electrons. The summed E-state index contributed by atoms with van der Waals surface area (Å²) in [4.78, 5) is 14.3. The van der Waals surface area contributed by atoms with E-state index in [0.717, 1.165) is 18.4 Å².